The predicted octanol–water partition coefficient (Wildman–Crippen LogP) is 2.42. The van der Waals surface area contributed by atoms with E-state index in [2.05, 4.69) is 0 Å². The van der Waals surface area contributed by atoms with Crippen LogP contribution in [0.3, 0.4) is 0 Å². The minimum Gasteiger partial charge on any atom is -0.461 e. The van der Waals surface area contributed by atoms with Crippen LogP contribution >= 0.6 is 0 Å². The summed E-state index contributed by atoms with van der Waals surface area (Å²) < 4.78 is 10.5. The largest absolute Gasteiger partial charge is 0.461 e. The highest BCUT2D eigenvalue weighted by molar-refractivity contribution is 6.00. The summed E-state index contributed by atoms with van der Waals surface area (Å²) in [7, 11) is 1.60. The van der Waals surface area contributed by atoms with Gasteiger partial charge in [-0.15, -0.1) is 0 Å². The van der Waals surface area contributed by atoms with E-state index >= 15 is 0 Å². The number of ketones is 1. The van der Waals surface area contributed by atoms with Gasteiger partial charge in [0.2, 0.25) is 5.78 Å². The summed E-state index contributed by atoms with van der Waals surface area (Å²) in [5.41, 5.74) is -0.613. The van der Waals surface area contributed by atoms with Gasteiger partial charge in [0.05, 0.1) is 6.26 Å². The fourth-order valence-electron chi connectivity index (χ4n) is 2.10. The van der Waals surface area contributed by atoms with Crippen LogP contribution in [0.2, 0.25) is 0 Å². The Morgan fingerprint density at radius 2 is 2.21 bits per heavy atom. The second kappa shape index (κ2) is 3.58. The van der Waals surface area contributed by atoms with Gasteiger partial charge in [0.1, 0.15) is 5.60 Å². The Bertz CT molecular complexity index is 307. The molecule has 0 atom stereocenters. The van der Waals surface area contributed by atoms with Crippen LogP contribution in [0.5, 0.6) is 0 Å². The van der Waals surface area contributed by atoms with Gasteiger partial charge >= 0.3 is 0 Å². The number of Topliss-reactive ketones (excluding diaryl/α,β-unsaturated/α-hetero) is 1. The standard InChI is InChI=1S/C11H14O3/c1-13-11(6-2-3-7-11)10(12)9-5-4-8-14-9/h4-5,8H,2-3,6-7H2,1H3. The van der Waals surface area contributed by atoms with Crippen molar-refractivity contribution >= 4 is 5.78 Å². The van der Waals surface area contributed by atoms with Crippen LogP contribution in [0.1, 0.15) is 36.2 Å². The molecule has 0 aromatic carbocycles. The third-order valence-electron chi connectivity index (χ3n) is 2.96. The van der Waals surface area contributed by atoms with Gasteiger partial charge in [-0.2, -0.15) is 0 Å². The first-order valence-electron chi connectivity index (χ1n) is 4.92. The number of ether oxygens (including phenoxy) is 1. The summed E-state index contributed by atoms with van der Waals surface area (Å²) in [5.74, 6) is 0.399. The average Bonchev–Trinajstić information content (AvgIpc) is 2.89. The fraction of sp³-hybridized carbons (Fsp3) is 0.545. The van der Waals surface area contributed by atoms with E-state index in [0.717, 1.165) is 25.7 Å². The van der Waals surface area contributed by atoms with Gasteiger partial charge in [0.15, 0.2) is 5.76 Å². The Balaban J connectivity index is 2.24. The second-order valence-electron chi connectivity index (χ2n) is 3.71. The van der Waals surface area contributed by atoms with Crippen molar-refractivity contribution in [2.45, 2.75) is 31.3 Å². The van der Waals surface area contributed by atoms with Crippen molar-refractivity contribution in [2.24, 2.45) is 0 Å². The van der Waals surface area contributed by atoms with E-state index in [-0.39, 0.29) is 5.78 Å². The molecule has 14 heavy (non-hydrogen) atoms. The molecular formula is C11H14O3. The number of methoxy groups -OCH3 is 1. The minimum absolute atomic E-state index is 0.0116. The molecule has 0 bridgehead atoms. The zero-order chi connectivity index (χ0) is 10.0. The lowest BCUT2D eigenvalue weighted by molar-refractivity contribution is 0.00388. The number of hydrogen-bond donors (Lipinski definition) is 0. The molecule has 3 heteroatoms. The van der Waals surface area contributed by atoms with Crippen LogP contribution < -0.4 is 0 Å². The molecule has 0 spiro atoms. The number of carbonyl (C=O) groups is 1. The molecule has 1 aliphatic carbocycles. The van der Waals surface area contributed by atoms with E-state index in [1.165, 1.54) is 6.26 Å². The quantitative estimate of drug-likeness (QED) is 0.694. The average molecular weight is 194 g/mol. The molecule has 2 rings (SSSR count). The number of furan rings is 1. The molecule has 0 radical (unpaired) electrons. The lowest BCUT2D eigenvalue weighted by Crippen LogP contribution is -2.37. The summed E-state index contributed by atoms with van der Waals surface area (Å²) in [4.78, 5) is 12.0. The molecule has 1 aromatic heterocycles. The van der Waals surface area contributed by atoms with Gasteiger partial charge in [-0.1, -0.05) is 0 Å². The van der Waals surface area contributed by atoms with Crippen molar-refractivity contribution in [3.05, 3.63) is 24.2 Å². The van der Waals surface area contributed by atoms with Gasteiger partial charge in [0, 0.05) is 7.11 Å². The Labute approximate surface area is 83.0 Å². The second-order valence-corrected chi connectivity index (χ2v) is 3.71. The first kappa shape index (κ1) is 9.46. The zero-order valence-corrected chi connectivity index (χ0v) is 8.29. The summed E-state index contributed by atoms with van der Waals surface area (Å²) in [6, 6.07) is 3.42. The Hall–Kier alpha value is -1.09. The van der Waals surface area contributed by atoms with Crippen LogP contribution in [0.25, 0.3) is 0 Å². The highest BCUT2D eigenvalue weighted by Crippen LogP contribution is 2.35. The maximum Gasteiger partial charge on any atom is 0.229 e. The molecule has 0 aliphatic heterocycles. The fourth-order valence-corrected chi connectivity index (χ4v) is 2.10. The van der Waals surface area contributed by atoms with Crippen molar-refractivity contribution in [1.29, 1.82) is 0 Å². The van der Waals surface area contributed by atoms with E-state index in [4.69, 9.17) is 9.15 Å². The van der Waals surface area contributed by atoms with Crippen molar-refractivity contribution in [3.8, 4) is 0 Å². The number of hydrogen-bond acceptors (Lipinski definition) is 3. The molecule has 1 aliphatic rings. The minimum atomic E-state index is -0.613. The predicted molar refractivity (Wildman–Crippen MR) is 51.2 cm³/mol. The first-order chi connectivity index (χ1) is 6.78. The smallest absolute Gasteiger partial charge is 0.229 e. The Kier molecular flexibility index (Phi) is 2.42. The molecule has 0 unspecified atom stereocenters. The topological polar surface area (TPSA) is 39.4 Å². The molecule has 0 N–H and O–H groups in total. The molecule has 1 aromatic rings. The number of rotatable bonds is 3. The summed E-state index contributed by atoms with van der Waals surface area (Å²) in [5, 5.41) is 0. The Morgan fingerprint density at radius 1 is 1.50 bits per heavy atom. The molecule has 0 saturated heterocycles. The van der Waals surface area contributed by atoms with E-state index in [0.29, 0.717) is 5.76 Å². The lowest BCUT2D eigenvalue weighted by Gasteiger charge is -2.24. The van der Waals surface area contributed by atoms with Crippen molar-refractivity contribution < 1.29 is 13.9 Å². The van der Waals surface area contributed by atoms with Crippen molar-refractivity contribution in [1.82, 2.24) is 0 Å². The highest BCUT2D eigenvalue weighted by atomic mass is 16.5. The van der Waals surface area contributed by atoms with Crippen molar-refractivity contribution in [2.75, 3.05) is 7.11 Å². The van der Waals surface area contributed by atoms with Gasteiger partial charge < -0.3 is 9.15 Å². The number of carbonyl (C=O) groups excluding carboxylic acids is 1. The summed E-state index contributed by atoms with van der Waals surface area (Å²) in [6.45, 7) is 0. The van der Waals surface area contributed by atoms with Gasteiger partial charge in [-0.25, -0.2) is 0 Å². The Morgan fingerprint density at radius 3 is 2.71 bits per heavy atom. The summed E-state index contributed by atoms with van der Waals surface area (Å²) in [6.07, 6.45) is 5.25. The maximum absolute atomic E-state index is 12.0. The third-order valence-corrected chi connectivity index (χ3v) is 2.96. The molecular weight excluding hydrogens is 180 g/mol. The van der Waals surface area contributed by atoms with E-state index < -0.39 is 5.60 Å². The highest BCUT2D eigenvalue weighted by Gasteiger charge is 2.42. The van der Waals surface area contributed by atoms with Crippen LogP contribution in [0, 0.1) is 0 Å². The van der Waals surface area contributed by atoms with E-state index in [1.807, 2.05) is 0 Å². The van der Waals surface area contributed by atoms with Gasteiger partial charge in [0.25, 0.3) is 0 Å². The summed E-state index contributed by atoms with van der Waals surface area (Å²) >= 11 is 0. The zero-order valence-electron chi connectivity index (χ0n) is 8.29. The molecule has 3 nitrogen and oxygen atoms in total. The molecule has 1 fully saturated rings. The maximum atomic E-state index is 12.0. The van der Waals surface area contributed by atoms with Crippen LogP contribution in [0.15, 0.2) is 22.8 Å². The molecule has 1 saturated carbocycles. The van der Waals surface area contributed by atoms with Gasteiger partial charge in [-0.05, 0) is 37.8 Å². The lowest BCUT2D eigenvalue weighted by atomic mass is 9.94. The molecule has 76 valence electrons. The van der Waals surface area contributed by atoms with Gasteiger partial charge in [-0.3, -0.25) is 4.79 Å². The normalized spacial score (nSPS) is 19.8. The molecule has 1 heterocycles. The monoisotopic (exact) mass is 194 g/mol. The SMILES string of the molecule is COC1(C(=O)c2ccco2)CCCC1. The third kappa shape index (κ3) is 1.38. The van der Waals surface area contributed by atoms with Crippen molar-refractivity contribution in [3.63, 3.8) is 0 Å². The van der Waals surface area contributed by atoms with E-state index in [1.54, 1.807) is 19.2 Å². The van der Waals surface area contributed by atoms with Crippen LogP contribution in [-0.4, -0.2) is 18.5 Å². The van der Waals surface area contributed by atoms with Crippen LogP contribution in [-0.2, 0) is 4.74 Å². The van der Waals surface area contributed by atoms with Crippen LogP contribution in [0.4, 0.5) is 0 Å². The van der Waals surface area contributed by atoms with E-state index in [9.17, 15) is 4.79 Å². The molecule has 0 amide bonds. The first-order valence-corrected chi connectivity index (χ1v) is 4.92.